The fraction of sp³-hybridized carbons (Fsp3) is 0.208. The van der Waals surface area contributed by atoms with E-state index in [0.29, 0.717) is 5.56 Å². The molecule has 35 heavy (non-hydrogen) atoms. The number of hydrogen-bond donors (Lipinski definition) is 2. The Labute approximate surface area is 204 Å². The summed E-state index contributed by atoms with van der Waals surface area (Å²) in [7, 11) is -7.77. The Morgan fingerprint density at radius 3 is 2.09 bits per heavy atom. The van der Waals surface area contributed by atoms with Gasteiger partial charge in [0.15, 0.2) is 0 Å². The fourth-order valence-corrected chi connectivity index (χ4v) is 5.60. The first-order valence-electron chi connectivity index (χ1n) is 10.7. The van der Waals surface area contributed by atoms with Crippen molar-refractivity contribution >= 4 is 26.0 Å². The average molecular weight is 520 g/mol. The van der Waals surface area contributed by atoms with Crippen LogP contribution in [0, 0.1) is 12.7 Å². The zero-order valence-electron chi connectivity index (χ0n) is 19.0. The minimum absolute atomic E-state index is 0.0146. The molecular formula is C24H26FN3O5S2. The molecule has 0 bridgehead atoms. The molecule has 1 amide bonds. The SMILES string of the molecule is Cc1ccc(S(=O)(=O)NCCNC(=O)CN(Cc2ccc(F)cc2)S(=O)(=O)c2ccccc2)cc1. The molecule has 0 aliphatic rings. The molecular weight excluding hydrogens is 493 g/mol. The number of nitrogens with zero attached hydrogens (tertiary/aromatic N) is 1. The summed E-state index contributed by atoms with van der Waals surface area (Å²) in [6, 6.07) is 19.3. The number of amides is 1. The highest BCUT2D eigenvalue weighted by Crippen LogP contribution is 2.18. The molecule has 3 aromatic carbocycles. The van der Waals surface area contributed by atoms with Crippen molar-refractivity contribution in [3.63, 3.8) is 0 Å². The highest BCUT2D eigenvalue weighted by molar-refractivity contribution is 7.89. The summed E-state index contributed by atoms with van der Waals surface area (Å²) in [6.45, 7) is 1.08. The van der Waals surface area contributed by atoms with E-state index >= 15 is 0 Å². The van der Waals surface area contributed by atoms with Crippen molar-refractivity contribution in [2.45, 2.75) is 23.3 Å². The van der Waals surface area contributed by atoms with Crippen LogP contribution in [0.1, 0.15) is 11.1 Å². The zero-order valence-corrected chi connectivity index (χ0v) is 20.6. The zero-order chi connectivity index (χ0) is 25.5. The minimum atomic E-state index is -4.03. The largest absolute Gasteiger partial charge is 0.354 e. The second-order valence-corrected chi connectivity index (χ2v) is 11.5. The Morgan fingerprint density at radius 1 is 0.829 bits per heavy atom. The van der Waals surface area contributed by atoms with E-state index in [9.17, 15) is 26.0 Å². The molecule has 3 rings (SSSR count). The number of rotatable bonds is 11. The van der Waals surface area contributed by atoms with Gasteiger partial charge in [0.2, 0.25) is 26.0 Å². The van der Waals surface area contributed by atoms with Crippen LogP contribution in [0.2, 0.25) is 0 Å². The van der Waals surface area contributed by atoms with Crippen LogP contribution in [0.4, 0.5) is 4.39 Å². The highest BCUT2D eigenvalue weighted by atomic mass is 32.2. The van der Waals surface area contributed by atoms with Crippen molar-refractivity contribution in [1.29, 1.82) is 0 Å². The predicted molar refractivity (Wildman–Crippen MR) is 130 cm³/mol. The average Bonchev–Trinajstić information content (AvgIpc) is 2.83. The third kappa shape index (κ3) is 7.43. The van der Waals surface area contributed by atoms with Gasteiger partial charge in [-0.25, -0.2) is 25.9 Å². The van der Waals surface area contributed by atoms with Gasteiger partial charge in [-0.1, -0.05) is 48.0 Å². The first-order valence-corrected chi connectivity index (χ1v) is 13.6. The Hall–Kier alpha value is -3.12. The number of carbonyl (C=O) groups is 1. The van der Waals surface area contributed by atoms with E-state index in [1.807, 2.05) is 6.92 Å². The molecule has 2 N–H and O–H groups in total. The van der Waals surface area contributed by atoms with Crippen LogP contribution >= 0.6 is 0 Å². The maximum atomic E-state index is 13.3. The third-order valence-electron chi connectivity index (χ3n) is 5.04. The number of benzene rings is 3. The smallest absolute Gasteiger partial charge is 0.243 e. The predicted octanol–water partition coefficient (Wildman–Crippen LogP) is 2.42. The lowest BCUT2D eigenvalue weighted by Gasteiger charge is -2.22. The van der Waals surface area contributed by atoms with Crippen LogP contribution in [-0.2, 0) is 31.4 Å². The summed E-state index contributed by atoms with van der Waals surface area (Å²) in [5.41, 5.74) is 1.43. The van der Waals surface area contributed by atoms with E-state index in [2.05, 4.69) is 10.0 Å². The maximum absolute atomic E-state index is 13.3. The molecule has 0 fully saturated rings. The molecule has 0 atom stereocenters. The first-order chi connectivity index (χ1) is 16.6. The third-order valence-corrected chi connectivity index (χ3v) is 8.33. The first kappa shape index (κ1) is 26.5. The normalized spacial score (nSPS) is 12.0. The number of halogens is 1. The summed E-state index contributed by atoms with van der Waals surface area (Å²) >= 11 is 0. The number of nitrogens with one attached hydrogen (secondary N) is 2. The molecule has 0 heterocycles. The monoisotopic (exact) mass is 519 g/mol. The Morgan fingerprint density at radius 2 is 1.46 bits per heavy atom. The molecule has 0 saturated heterocycles. The quantitative estimate of drug-likeness (QED) is 0.378. The molecule has 0 radical (unpaired) electrons. The van der Waals surface area contributed by atoms with E-state index in [4.69, 9.17) is 0 Å². The molecule has 0 aliphatic carbocycles. The van der Waals surface area contributed by atoms with Crippen LogP contribution < -0.4 is 10.0 Å². The van der Waals surface area contributed by atoms with Crippen LogP contribution in [0.3, 0.4) is 0 Å². The summed E-state index contributed by atoms with van der Waals surface area (Å²) in [5, 5.41) is 2.53. The molecule has 0 aliphatic heterocycles. The lowest BCUT2D eigenvalue weighted by Crippen LogP contribution is -2.42. The molecule has 186 valence electrons. The topological polar surface area (TPSA) is 113 Å². The van der Waals surface area contributed by atoms with Gasteiger partial charge in [0.1, 0.15) is 5.82 Å². The van der Waals surface area contributed by atoms with Gasteiger partial charge in [0.05, 0.1) is 16.3 Å². The van der Waals surface area contributed by atoms with Crippen molar-refractivity contribution in [2.75, 3.05) is 19.6 Å². The van der Waals surface area contributed by atoms with Crippen LogP contribution in [0.5, 0.6) is 0 Å². The van der Waals surface area contributed by atoms with Crippen molar-refractivity contribution < 1.29 is 26.0 Å². The fourth-order valence-electron chi connectivity index (χ4n) is 3.16. The maximum Gasteiger partial charge on any atom is 0.243 e. The standard InChI is InChI=1S/C24H26FN3O5S2/c1-19-7-13-22(14-8-19)34(30,31)27-16-15-26-24(29)18-28(17-20-9-11-21(25)12-10-20)35(32,33)23-5-3-2-4-6-23/h2-14,27H,15-18H2,1H3,(H,26,29). The van der Waals surface area contributed by atoms with Crippen LogP contribution in [-0.4, -0.2) is 46.7 Å². The molecule has 0 unspecified atom stereocenters. The van der Waals surface area contributed by atoms with Crippen LogP contribution in [0.25, 0.3) is 0 Å². The van der Waals surface area contributed by atoms with Crippen molar-refractivity contribution in [3.05, 3.63) is 95.8 Å². The number of aryl methyl sites for hydroxylation is 1. The van der Waals surface area contributed by atoms with Gasteiger partial charge in [0.25, 0.3) is 0 Å². The highest BCUT2D eigenvalue weighted by Gasteiger charge is 2.26. The van der Waals surface area contributed by atoms with Crippen molar-refractivity contribution in [2.24, 2.45) is 0 Å². The molecule has 0 aromatic heterocycles. The van der Waals surface area contributed by atoms with Gasteiger partial charge in [-0.3, -0.25) is 4.79 Å². The van der Waals surface area contributed by atoms with Crippen molar-refractivity contribution in [3.8, 4) is 0 Å². The van der Waals surface area contributed by atoms with Gasteiger partial charge in [-0.05, 0) is 48.9 Å². The van der Waals surface area contributed by atoms with Crippen LogP contribution in [0.15, 0.2) is 88.7 Å². The van der Waals surface area contributed by atoms with Crippen molar-refractivity contribution in [1.82, 2.24) is 14.3 Å². The molecule has 8 nitrogen and oxygen atoms in total. The molecule has 11 heteroatoms. The Balaban J connectivity index is 1.64. The van der Waals surface area contributed by atoms with E-state index in [0.717, 1.165) is 9.87 Å². The summed E-state index contributed by atoms with van der Waals surface area (Å²) in [6.07, 6.45) is 0. The van der Waals surface area contributed by atoms with Gasteiger partial charge < -0.3 is 5.32 Å². The van der Waals surface area contributed by atoms with E-state index in [-0.39, 0.29) is 29.4 Å². The summed E-state index contributed by atoms with van der Waals surface area (Å²) < 4.78 is 67.7. The second kappa shape index (κ2) is 11.5. The number of carbonyl (C=O) groups excluding carboxylic acids is 1. The lowest BCUT2D eigenvalue weighted by molar-refractivity contribution is -0.121. The number of hydrogen-bond acceptors (Lipinski definition) is 5. The second-order valence-electron chi connectivity index (χ2n) is 7.77. The van der Waals surface area contributed by atoms with Gasteiger partial charge >= 0.3 is 0 Å². The molecule has 3 aromatic rings. The van der Waals surface area contributed by atoms with Gasteiger partial charge in [-0.15, -0.1) is 0 Å². The molecule has 0 saturated carbocycles. The Kier molecular flexibility index (Phi) is 8.73. The van der Waals surface area contributed by atoms with Gasteiger partial charge in [0, 0.05) is 19.6 Å². The minimum Gasteiger partial charge on any atom is -0.354 e. The van der Waals surface area contributed by atoms with E-state index in [1.54, 1.807) is 30.3 Å². The van der Waals surface area contributed by atoms with E-state index < -0.39 is 38.3 Å². The number of sulfonamides is 2. The summed E-state index contributed by atoms with van der Waals surface area (Å²) in [4.78, 5) is 12.7. The molecule has 0 spiro atoms. The van der Waals surface area contributed by atoms with E-state index in [1.165, 1.54) is 48.5 Å². The lowest BCUT2D eigenvalue weighted by atomic mass is 10.2. The Bertz CT molecular complexity index is 1350. The van der Waals surface area contributed by atoms with Gasteiger partial charge in [-0.2, -0.15) is 4.31 Å². The summed E-state index contributed by atoms with van der Waals surface area (Å²) in [5.74, 6) is -1.07.